The van der Waals surface area contributed by atoms with Gasteiger partial charge in [0.05, 0.1) is 0 Å². The minimum absolute atomic E-state index is 0. The summed E-state index contributed by atoms with van der Waals surface area (Å²) in [5.41, 5.74) is 8.52. The lowest BCUT2D eigenvalue weighted by atomic mass is 9.82. The third-order valence-corrected chi connectivity index (χ3v) is 4.91. The molecule has 130 valence electrons. The number of rotatable bonds is 4. The first-order valence-corrected chi connectivity index (χ1v) is 8.37. The lowest BCUT2D eigenvalue weighted by molar-refractivity contribution is -0.136. The highest BCUT2D eigenvalue weighted by molar-refractivity contribution is 5.85. The maximum absolute atomic E-state index is 12.7. The summed E-state index contributed by atoms with van der Waals surface area (Å²) in [6.45, 7) is 7.24. The molecule has 2 unspecified atom stereocenters. The smallest absolute Gasteiger partial charge is 0.225 e. The SMILES string of the molecule is Cc1ccc(C(C)(C)CN(C)C(=O)C2CCCC(N)C2)cc1.Cl. The first kappa shape index (κ1) is 20.0. The van der Waals surface area contributed by atoms with Gasteiger partial charge in [-0.15, -0.1) is 12.4 Å². The van der Waals surface area contributed by atoms with Crippen molar-refractivity contribution in [1.82, 2.24) is 4.90 Å². The second-order valence-electron chi connectivity index (χ2n) is 7.57. The Labute approximate surface area is 147 Å². The zero-order valence-corrected chi connectivity index (χ0v) is 15.7. The van der Waals surface area contributed by atoms with Crippen LogP contribution in [0.4, 0.5) is 0 Å². The minimum atomic E-state index is -0.0467. The van der Waals surface area contributed by atoms with Gasteiger partial charge in [-0.1, -0.05) is 50.1 Å². The first-order chi connectivity index (χ1) is 10.3. The van der Waals surface area contributed by atoms with Crippen LogP contribution in [-0.4, -0.2) is 30.4 Å². The number of halogens is 1. The molecule has 0 bridgehead atoms. The zero-order chi connectivity index (χ0) is 16.3. The largest absolute Gasteiger partial charge is 0.345 e. The Morgan fingerprint density at radius 1 is 1.26 bits per heavy atom. The Morgan fingerprint density at radius 2 is 1.87 bits per heavy atom. The molecular formula is C19H31ClN2O. The van der Waals surface area contributed by atoms with Crippen molar-refractivity contribution >= 4 is 18.3 Å². The predicted octanol–water partition coefficient (Wildman–Crippen LogP) is 3.67. The van der Waals surface area contributed by atoms with Crippen LogP contribution in [0, 0.1) is 12.8 Å². The van der Waals surface area contributed by atoms with Crippen molar-refractivity contribution < 1.29 is 4.79 Å². The fourth-order valence-electron chi connectivity index (χ4n) is 3.53. The molecule has 4 heteroatoms. The summed E-state index contributed by atoms with van der Waals surface area (Å²) in [7, 11) is 1.93. The van der Waals surface area contributed by atoms with Crippen molar-refractivity contribution in [3.05, 3.63) is 35.4 Å². The quantitative estimate of drug-likeness (QED) is 0.910. The third kappa shape index (κ3) is 5.22. The van der Waals surface area contributed by atoms with Gasteiger partial charge >= 0.3 is 0 Å². The topological polar surface area (TPSA) is 46.3 Å². The van der Waals surface area contributed by atoms with Crippen molar-refractivity contribution in [3.8, 4) is 0 Å². The lowest BCUT2D eigenvalue weighted by Crippen LogP contribution is -2.43. The highest BCUT2D eigenvalue weighted by Gasteiger charge is 2.30. The monoisotopic (exact) mass is 338 g/mol. The van der Waals surface area contributed by atoms with Gasteiger partial charge < -0.3 is 10.6 Å². The number of carbonyl (C=O) groups excluding carboxylic acids is 1. The number of hydrogen-bond acceptors (Lipinski definition) is 2. The Balaban J connectivity index is 0.00000264. The van der Waals surface area contributed by atoms with Crippen LogP contribution in [0.3, 0.4) is 0 Å². The molecular weight excluding hydrogens is 308 g/mol. The molecule has 2 atom stereocenters. The fourth-order valence-corrected chi connectivity index (χ4v) is 3.53. The van der Waals surface area contributed by atoms with E-state index < -0.39 is 0 Å². The number of carbonyl (C=O) groups is 1. The van der Waals surface area contributed by atoms with Crippen LogP contribution in [0.1, 0.15) is 50.7 Å². The standard InChI is InChI=1S/C19H30N2O.ClH/c1-14-8-10-16(11-9-14)19(2,3)13-21(4)18(22)15-6-5-7-17(20)12-15;/h8-11,15,17H,5-7,12-13,20H2,1-4H3;1H. The number of likely N-dealkylation sites (N-methyl/N-ethyl adjacent to an activating group) is 1. The van der Waals surface area contributed by atoms with Gasteiger partial charge in [0.1, 0.15) is 0 Å². The Bertz CT molecular complexity index is 513. The van der Waals surface area contributed by atoms with Crippen LogP contribution >= 0.6 is 12.4 Å². The molecule has 2 N–H and O–H groups in total. The Hall–Kier alpha value is -1.06. The molecule has 3 nitrogen and oxygen atoms in total. The number of amides is 1. The molecule has 0 aliphatic heterocycles. The van der Waals surface area contributed by atoms with E-state index in [2.05, 4.69) is 45.0 Å². The highest BCUT2D eigenvalue weighted by atomic mass is 35.5. The number of nitrogens with two attached hydrogens (primary N) is 1. The van der Waals surface area contributed by atoms with Crippen molar-refractivity contribution in [2.45, 2.75) is 57.9 Å². The van der Waals surface area contributed by atoms with Crippen LogP contribution in [0.5, 0.6) is 0 Å². The summed E-state index contributed by atoms with van der Waals surface area (Å²) >= 11 is 0. The maximum atomic E-state index is 12.7. The van der Waals surface area contributed by atoms with Crippen molar-refractivity contribution in [2.75, 3.05) is 13.6 Å². The van der Waals surface area contributed by atoms with Gasteiger partial charge in [0.2, 0.25) is 5.91 Å². The third-order valence-electron chi connectivity index (χ3n) is 4.91. The molecule has 23 heavy (non-hydrogen) atoms. The summed E-state index contributed by atoms with van der Waals surface area (Å²) in [6.07, 6.45) is 3.96. The molecule has 1 amide bonds. The van der Waals surface area contributed by atoms with E-state index in [1.807, 2.05) is 11.9 Å². The predicted molar refractivity (Wildman–Crippen MR) is 99.0 cm³/mol. The number of nitrogens with zero attached hydrogens (tertiary/aromatic N) is 1. The van der Waals surface area contributed by atoms with Gasteiger partial charge in [0.25, 0.3) is 0 Å². The van der Waals surface area contributed by atoms with E-state index in [-0.39, 0.29) is 35.7 Å². The van der Waals surface area contributed by atoms with Gasteiger partial charge in [-0.2, -0.15) is 0 Å². The normalized spacial score (nSPS) is 21.4. The van der Waals surface area contributed by atoms with Crippen molar-refractivity contribution in [2.24, 2.45) is 11.7 Å². The molecule has 0 aromatic heterocycles. The Morgan fingerprint density at radius 3 is 2.43 bits per heavy atom. The molecule has 1 aromatic rings. The summed E-state index contributed by atoms with van der Waals surface area (Å²) in [6, 6.07) is 8.81. The van der Waals surface area contributed by atoms with E-state index >= 15 is 0 Å². The molecule has 1 fully saturated rings. The molecule has 0 radical (unpaired) electrons. The molecule has 1 saturated carbocycles. The summed E-state index contributed by atoms with van der Waals surface area (Å²) < 4.78 is 0. The Kier molecular flexibility index (Phi) is 7.09. The molecule has 0 spiro atoms. The number of aryl methyl sites for hydroxylation is 1. The van der Waals surface area contributed by atoms with Crippen LogP contribution in [0.15, 0.2) is 24.3 Å². The number of hydrogen-bond donors (Lipinski definition) is 1. The molecule has 1 aliphatic carbocycles. The minimum Gasteiger partial charge on any atom is -0.345 e. The summed E-state index contributed by atoms with van der Waals surface area (Å²) in [5.74, 6) is 0.373. The zero-order valence-electron chi connectivity index (χ0n) is 14.8. The van der Waals surface area contributed by atoms with Crippen LogP contribution < -0.4 is 5.73 Å². The van der Waals surface area contributed by atoms with E-state index in [1.165, 1.54) is 11.1 Å². The van der Waals surface area contributed by atoms with Gasteiger partial charge in [-0.3, -0.25) is 4.79 Å². The molecule has 1 aromatic carbocycles. The van der Waals surface area contributed by atoms with E-state index in [4.69, 9.17) is 5.73 Å². The van der Waals surface area contributed by atoms with E-state index in [9.17, 15) is 4.79 Å². The van der Waals surface area contributed by atoms with Gasteiger partial charge in [0, 0.05) is 31.0 Å². The second-order valence-corrected chi connectivity index (χ2v) is 7.57. The maximum Gasteiger partial charge on any atom is 0.225 e. The molecule has 0 saturated heterocycles. The van der Waals surface area contributed by atoms with Crippen molar-refractivity contribution in [3.63, 3.8) is 0 Å². The van der Waals surface area contributed by atoms with Crippen LogP contribution in [0.25, 0.3) is 0 Å². The van der Waals surface area contributed by atoms with Crippen LogP contribution in [-0.2, 0) is 10.2 Å². The van der Waals surface area contributed by atoms with Gasteiger partial charge in [-0.05, 0) is 31.7 Å². The summed E-state index contributed by atoms with van der Waals surface area (Å²) in [5, 5.41) is 0. The number of benzene rings is 1. The molecule has 1 aliphatic rings. The average Bonchev–Trinajstić information content (AvgIpc) is 2.46. The molecule has 0 heterocycles. The first-order valence-electron chi connectivity index (χ1n) is 8.37. The van der Waals surface area contributed by atoms with Crippen molar-refractivity contribution in [1.29, 1.82) is 0 Å². The lowest BCUT2D eigenvalue weighted by Gasteiger charge is -2.34. The van der Waals surface area contributed by atoms with Gasteiger partial charge in [0.15, 0.2) is 0 Å². The highest BCUT2D eigenvalue weighted by Crippen LogP contribution is 2.28. The fraction of sp³-hybridized carbons (Fsp3) is 0.632. The van der Waals surface area contributed by atoms with Crippen LogP contribution in [0.2, 0.25) is 0 Å². The molecule has 2 rings (SSSR count). The van der Waals surface area contributed by atoms with Gasteiger partial charge in [-0.25, -0.2) is 0 Å². The second kappa shape index (κ2) is 8.16. The van der Waals surface area contributed by atoms with E-state index in [1.54, 1.807) is 0 Å². The summed E-state index contributed by atoms with van der Waals surface area (Å²) in [4.78, 5) is 14.6. The van der Waals surface area contributed by atoms with E-state index in [0.717, 1.165) is 32.2 Å². The average molecular weight is 339 g/mol. The van der Waals surface area contributed by atoms with E-state index in [0.29, 0.717) is 0 Å².